The van der Waals surface area contributed by atoms with Crippen LogP contribution < -0.4 is 22.1 Å². The Hall–Kier alpha value is -2.64. The molecule has 2 aromatic rings. The molecule has 0 radical (unpaired) electrons. The summed E-state index contributed by atoms with van der Waals surface area (Å²) in [4.78, 5) is 30.5. The van der Waals surface area contributed by atoms with Crippen LogP contribution in [-0.4, -0.2) is 29.4 Å². The minimum absolute atomic E-state index is 0.0189. The van der Waals surface area contributed by atoms with Gasteiger partial charge in [0.2, 0.25) is 11.8 Å². The van der Waals surface area contributed by atoms with Gasteiger partial charge in [-0.2, -0.15) is 0 Å². The topological polar surface area (TPSA) is 123 Å². The van der Waals surface area contributed by atoms with Crippen LogP contribution in [0.4, 0.5) is 5.82 Å². The first-order chi connectivity index (χ1) is 17.4. The van der Waals surface area contributed by atoms with Crippen LogP contribution >= 0.6 is 11.6 Å². The van der Waals surface area contributed by atoms with Gasteiger partial charge in [-0.25, -0.2) is 4.98 Å². The average molecular weight is 512 g/mol. The number of fused-ring (bicyclic) bond motifs is 1. The van der Waals surface area contributed by atoms with Gasteiger partial charge in [-0.05, 0) is 66.3 Å². The molecule has 36 heavy (non-hydrogen) atoms. The minimum Gasteiger partial charge on any atom is -0.384 e. The summed E-state index contributed by atoms with van der Waals surface area (Å²) in [5.41, 5.74) is 13.7. The van der Waals surface area contributed by atoms with E-state index in [0.29, 0.717) is 42.2 Å². The molecule has 1 aromatic heterocycles. The number of hydrogen-bond donors (Lipinski definition) is 4. The Bertz CT molecular complexity index is 1010. The highest BCUT2D eigenvalue weighted by Crippen LogP contribution is 2.46. The van der Waals surface area contributed by atoms with Gasteiger partial charge in [0.1, 0.15) is 5.82 Å². The van der Waals surface area contributed by atoms with Gasteiger partial charge in [0, 0.05) is 24.3 Å². The molecule has 7 nitrogen and oxygen atoms in total. The molecule has 2 saturated carbocycles. The molecule has 0 bridgehead atoms. The summed E-state index contributed by atoms with van der Waals surface area (Å²) in [6, 6.07) is 10.3. The lowest BCUT2D eigenvalue weighted by atomic mass is 9.62. The Balaban J connectivity index is 1.41. The van der Waals surface area contributed by atoms with E-state index < -0.39 is 6.04 Å². The number of benzene rings is 1. The van der Waals surface area contributed by atoms with Crippen LogP contribution in [0.25, 0.3) is 0 Å². The summed E-state index contributed by atoms with van der Waals surface area (Å²) in [7, 11) is 0. The fraction of sp³-hybridized carbons (Fsp3) is 0.536. The second kappa shape index (κ2) is 12.5. The molecule has 0 saturated heterocycles. The molecule has 6 N–H and O–H groups in total. The fourth-order valence-electron chi connectivity index (χ4n) is 6.10. The van der Waals surface area contributed by atoms with Crippen molar-refractivity contribution in [3.8, 4) is 0 Å². The Morgan fingerprint density at radius 3 is 2.42 bits per heavy atom. The standard InChI is InChI=1S/C28H38ClN5O2/c29-21-11-8-18(9-12-21)14-25(30)28(36)34-17-24(23-7-3-5-20-4-1-2-6-22(20)23)27(35)33-16-19-10-13-26(31)32-15-19/h8-13,15,20,22-25H,1-7,14,16-17,30H2,(H2,31,32)(H,33,35)(H,34,36)/t20?,22?,23?,24-,25+/m0/s1. The monoisotopic (exact) mass is 511 g/mol. The number of nitrogens with two attached hydrogens (primary N) is 2. The molecule has 194 valence electrons. The van der Waals surface area contributed by atoms with Gasteiger partial charge in [0.15, 0.2) is 0 Å². The third-order valence-electron chi connectivity index (χ3n) is 8.00. The number of nitrogen functional groups attached to an aromatic ring is 1. The lowest BCUT2D eigenvalue weighted by Crippen LogP contribution is -2.50. The summed E-state index contributed by atoms with van der Waals surface area (Å²) >= 11 is 5.96. The Morgan fingerprint density at radius 1 is 0.944 bits per heavy atom. The molecule has 3 unspecified atom stereocenters. The van der Waals surface area contributed by atoms with E-state index >= 15 is 0 Å². The van der Waals surface area contributed by atoms with Crippen LogP contribution in [0.5, 0.6) is 0 Å². The number of halogens is 1. The van der Waals surface area contributed by atoms with Crippen LogP contribution in [0, 0.1) is 23.7 Å². The van der Waals surface area contributed by atoms with E-state index in [-0.39, 0.29) is 23.7 Å². The van der Waals surface area contributed by atoms with E-state index in [1.165, 1.54) is 32.1 Å². The molecule has 2 amide bonds. The minimum atomic E-state index is -0.690. The lowest BCUT2D eigenvalue weighted by Gasteiger charge is -2.44. The van der Waals surface area contributed by atoms with Crippen molar-refractivity contribution in [3.05, 3.63) is 58.7 Å². The zero-order valence-electron chi connectivity index (χ0n) is 20.8. The first-order valence-corrected chi connectivity index (χ1v) is 13.5. The molecule has 8 heteroatoms. The lowest BCUT2D eigenvalue weighted by molar-refractivity contribution is -0.129. The molecule has 0 aliphatic heterocycles. The molecular weight excluding hydrogens is 474 g/mol. The van der Waals surface area contributed by atoms with Crippen molar-refractivity contribution in [2.75, 3.05) is 12.3 Å². The van der Waals surface area contributed by atoms with Crippen molar-refractivity contribution in [1.82, 2.24) is 15.6 Å². The molecule has 2 aliphatic carbocycles. The number of hydrogen-bond acceptors (Lipinski definition) is 5. The van der Waals surface area contributed by atoms with Crippen LogP contribution in [-0.2, 0) is 22.6 Å². The number of anilines is 1. The SMILES string of the molecule is Nc1ccc(CNC(=O)[C@@H](CNC(=O)[C@H](N)Cc2ccc(Cl)cc2)C2CCCC3CCCCC32)cn1. The van der Waals surface area contributed by atoms with Crippen LogP contribution in [0.1, 0.15) is 56.1 Å². The number of amides is 2. The van der Waals surface area contributed by atoms with Gasteiger partial charge in [-0.1, -0.05) is 61.9 Å². The summed E-state index contributed by atoms with van der Waals surface area (Å²) < 4.78 is 0. The first kappa shape index (κ1) is 26.4. The largest absolute Gasteiger partial charge is 0.384 e. The van der Waals surface area contributed by atoms with Crippen LogP contribution in [0.15, 0.2) is 42.6 Å². The van der Waals surface area contributed by atoms with Gasteiger partial charge in [-0.3, -0.25) is 9.59 Å². The van der Waals surface area contributed by atoms with E-state index in [2.05, 4.69) is 15.6 Å². The maximum absolute atomic E-state index is 13.5. The van der Waals surface area contributed by atoms with Crippen molar-refractivity contribution >= 4 is 29.2 Å². The van der Waals surface area contributed by atoms with E-state index in [1.54, 1.807) is 24.4 Å². The third-order valence-corrected chi connectivity index (χ3v) is 8.25. The molecule has 4 rings (SSSR count). The maximum Gasteiger partial charge on any atom is 0.237 e. The number of rotatable bonds is 9. The summed E-state index contributed by atoms with van der Waals surface area (Å²) in [6.07, 6.45) is 10.4. The van der Waals surface area contributed by atoms with E-state index in [1.807, 2.05) is 18.2 Å². The number of nitrogens with one attached hydrogen (secondary N) is 2. The van der Waals surface area contributed by atoms with Gasteiger partial charge >= 0.3 is 0 Å². The molecule has 1 aromatic carbocycles. The van der Waals surface area contributed by atoms with Crippen molar-refractivity contribution in [2.45, 2.75) is 64.0 Å². The van der Waals surface area contributed by atoms with Crippen molar-refractivity contribution in [3.63, 3.8) is 0 Å². The molecule has 0 spiro atoms. The number of carbonyl (C=O) groups is 2. The van der Waals surface area contributed by atoms with Crippen LogP contribution in [0.2, 0.25) is 5.02 Å². The van der Waals surface area contributed by atoms with E-state index in [4.69, 9.17) is 23.1 Å². The molecule has 2 fully saturated rings. The molecule has 2 aliphatic rings. The average Bonchev–Trinajstić information content (AvgIpc) is 2.89. The molecular formula is C28H38ClN5O2. The quantitative estimate of drug-likeness (QED) is 0.407. The zero-order chi connectivity index (χ0) is 25.5. The van der Waals surface area contributed by atoms with Gasteiger partial charge in [-0.15, -0.1) is 0 Å². The molecule has 1 heterocycles. The van der Waals surface area contributed by atoms with Crippen molar-refractivity contribution in [2.24, 2.45) is 29.4 Å². The van der Waals surface area contributed by atoms with Crippen molar-refractivity contribution < 1.29 is 9.59 Å². The van der Waals surface area contributed by atoms with Crippen LogP contribution in [0.3, 0.4) is 0 Å². The first-order valence-electron chi connectivity index (χ1n) is 13.2. The normalized spacial score (nSPS) is 23.2. The number of aromatic nitrogens is 1. The van der Waals surface area contributed by atoms with Gasteiger partial charge in [0.25, 0.3) is 0 Å². The van der Waals surface area contributed by atoms with E-state index in [9.17, 15) is 9.59 Å². The third kappa shape index (κ3) is 6.98. The maximum atomic E-state index is 13.5. The second-order valence-electron chi connectivity index (χ2n) is 10.4. The van der Waals surface area contributed by atoms with E-state index in [0.717, 1.165) is 24.0 Å². The highest BCUT2D eigenvalue weighted by molar-refractivity contribution is 6.30. The summed E-state index contributed by atoms with van der Waals surface area (Å²) in [5, 5.41) is 6.76. The fourth-order valence-corrected chi connectivity index (χ4v) is 6.22. The van der Waals surface area contributed by atoms with Gasteiger partial charge in [0.05, 0.1) is 12.0 Å². The Labute approximate surface area is 218 Å². The highest BCUT2D eigenvalue weighted by Gasteiger charge is 2.41. The molecule has 5 atom stereocenters. The zero-order valence-corrected chi connectivity index (χ0v) is 21.6. The smallest absolute Gasteiger partial charge is 0.237 e. The highest BCUT2D eigenvalue weighted by atomic mass is 35.5. The number of pyridine rings is 1. The Kier molecular flexibility index (Phi) is 9.21. The summed E-state index contributed by atoms with van der Waals surface area (Å²) in [6.45, 7) is 0.681. The number of nitrogens with zero attached hydrogens (tertiary/aromatic N) is 1. The van der Waals surface area contributed by atoms with Crippen molar-refractivity contribution in [1.29, 1.82) is 0 Å². The second-order valence-corrected chi connectivity index (χ2v) is 10.8. The Morgan fingerprint density at radius 2 is 1.67 bits per heavy atom. The predicted octanol–water partition coefficient (Wildman–Crippen LogP) is 3.84. The number of carbonyl (C=O) groups excluding carboxylic acids is 2. The predicted molar refractivity (Wildman–Crippen MR) is 143 cm³/mol. The van der Waals surface area contributed by atoms with Gasteiger partial charge < -0.3 is 22.1 Å². The summed E-state index contributed by atoms with van der Waals surface area (Å²) in [5.74, 6) is 1.41.